The summed E-state index contributed by atoms with van der Waals surface area (Å²) in [6.45, 7) is 2.06. The lowest BCUT2D eigenvalue weighted by molar-refractivity contribution is 0.253. The highest BCUT2D eigenvalue weighted by atomic mass is 19.1. The Balaban J connectivity index is 1.71. The smallest absolute Gasteiger partial charge is 0.220 e. The average molecular weight is 379 g/mol. The van der Waals surface area contributed by atoms with Crippen molar-refractivity contribution in [1.29, 1.82) is 0 Å². The van der Waals surface area contributed by atoms with Crippen molar-refractivity contribution >= 4 is 11.8 Å². The van der Waals surface area contributed by atoms with E-state index < -0.39 is 5.82 Å². The van der Waals surface area contributed by atoms with Gasteiger partial charge >= 0.3 is 0 Å². The molecule has 0 spiro atoms. The maximum atomic E-state index is 14.3. The van der Waals surface area contributed by atoms with Crippen LogP contribution in [0.3, 0.4) is 0 Å². The Morgan fingerprint density at radius 3 is 2.54 bits per heavy atom. The predicted octanol–water partition coefficient (Wildman–Crippen LogP) is 2.71. The molecule has 28 heavy (non-hydrogen) atoms. The molecule has 0 aliphatic carbocycles. The van der Waals surface area contributed by atoms with Gasteiger partial charge in [0.15, 0.2) is 11.6 Å². The Morgan fingerprint density at radius 2 is 1.75 bits per heavy atom. The number of rotatable bonds is 3. The van der Waals surface area contributed by atoms with Crippen LogP contribution in [-0.2, 0) is 0 Å². The minimum absolute atomic E-state index is 0.152. The van der Waals surface area contributed by atoms with E-state index in [1.165, 1.54) is 6.20 Å². The molecule has 0 amide bonds. The molecule has 1 aliphatic rings. The summed E-state index contributed by atoms with van der Waals surface area (Å²) < 4.78 is 14.3. The second-order valence-electron chi connectivity index (χ2n) is 7.08. The summed E-state index contributed by atoms with van der Waals surface area (Å²) in [7, 11) is 2.12. The number of anilines is 2. The fraction of sp³-hybridized carbons (Fsp3) is 0.300. The number of nitrogens with two attached hydrogens (primary N) is 2. The highest BCUT2D eigenvalue weighted by Gasteiger charge is 2.21. The average Bonchev–Trinajstić information content (AvgIpc) is 2.70. The number of aromatic nitrogens is 4. The van der Waals surface area contributed by atoms with Crippen molar-refractivity contribution in [1.82, 2.24) is 24.8 Å². The fourth-order valence-corrected chi connectivity index (χ4v) is 3.52. The standard InChI is InChI=1S/C20H22FN7/c1-28-9-6-12(7-10-28)16-11-17(27-20(23)26-16)15-4-2-3-14(25-15)13-5-8-24-19(22)18(13)21/h2-5,8,11-12H,6-7,9-10H2,1H3,(H2,22,24)(H2,23,26,27). The maximum Gasteiger partial charge on any atom is 0.220 e. The van der Waals surface area contributed by atoms with Crippen molar-refractivity contribution in [2.45, 2.75) is 18.8 Å². The van der Waals surface area contributed by atoms with Crippen LogP contribution in [0.1, 0.15) is 24.5 Å². The van der Waals surface area contributed by atoms with Crippen LogP contribution in [0, 0.1) is 5.82 Å². The van der Waals surface area contributed by atoms with E-state index in [1.54, 1.807) is 18.2 Å². The van der Waals surface area contributed by atoms with Crippen LogP contribution in [0.15, 0.2) is 36.5 Å². The van der Waals surface area contributed by atoms with Gasteiger partial charge in [-0.3, -0.25) is 0 Å². The van der Waals surface area contributed by atoms with E-state index in [0.29, 0.717) is 28.6 Å². The van der Waals surface area contributed by atoms with E-state index in [-0.39, 0.29) is 11.8 Å². The summed E-state index contributed by atoms with van der Waals surface area (Å²) in [6, 6.07) is 8.85. The second-order valence-corrected chi connectivity index (χ2v) is 7.08. The van der Waals surface area contributed by atoms with Crippen LogP contribution in [0.25, 0.3) is 22.6 Å². The molecule has 4 rings (SSSR count). The summed E-state index contributed by atoms with van der Waals surface area (Å²) in [5.74, 6) is -0.166. The zero-order chi connectivity index (χ0) is 19.7. The van der Waals surface area contributed by atoms with Crippen LogP contribution in [0.5, 0.6) is 0 Å². The van der Waals surface area contributed by atoms with Crippen molar-refractivity contribution < 1.29 is 4.39 Å². The molecule has 4 N–H and O–H groups in total. The van der Waals surface area contributed by atoms with E-state index in [2.05, 4.69) is 31.9 Å². The van der Waals surface area contributed by atoms with Crippen molar-refractivity contribution in [2.75, 3.05) is 31.6 Å². The molecule has 8 heteroatoms. The quantitative estimate of drug-likeness (QED) is 0.720. The normalized spacial score (nSPS) is 15.6. The molecular weight excluding hydrogens is 357 g/mol. The predicted molar refractivity (Wildman–Crippen MR) is 107 cm³/mol. The van der Waals surface area contributed by atoms with Gasteiger partial charge in [0.25, 0.3) is 0 Å². The van der Waals surface area contributed by atoms with E-state index in [9.17, 15) is 4.39 Å². The van der Waals surface area contributed by atoms with Gasteiger partial charge in [0.1, 0.15) is 0 Å². The van der Waals surface area contributed by atoms with Gasteiger partial charge < -0.3 is 16.4 Å². The Morgan fingerprint density at radius 1 is 1.00 bits per heavy atom. The van der Waals surface area contributed by atoms with E-state index in [4.69, 9.17) is 11.5 Å². The molecule has 4 heterocycles. The molecule has 7 nitrogen and oxygen atoms in total. The summed E-state index contributed by atoms with van der Waals surface area (Å²) in [5, 5.41) is 0. The molecule has 1 aliphatic heterocycles. The van der Waals surface area contributed by atoms with Gasteiger partial charge in [-0.05, 0) is 57.2 Å². The Bertz CT molecular complexity index is 1000. The summed E-state index contributed by atoms with van der Waals surface area (Å²) >= 11 is 0. The number of nitrogens with zero attached hydrogens (tertiary/aromatic N) is 5. The van der Waals surface area contributed by atoms with Gasteiger partial charge in [-0.2, -0.15) is 0 Å². The number of hydrogen-bond donors (Lipinski definition) is 2. The minimum atomic E-state index is -0.582. The van der Waals surface area contributed by atoms with Crippen molar-refractivity contribution in [3.05, 3.63) is 48.0 Å². The summed E-state index contributed by atoms with van der Waals surface area (Å²) in [5.41, 5.74) is 14.5. The molecular formula is C20H22FN7. The highest BCUT2D eigenvalue weighted by Crippen LogP contribution is 2.30. The maximum absolute atomic E-state index is 14.3. The van der Waals surface area contributed by atoms with E-state index in [1.807, 2.05) is 12.1 Å². The molecule has 144 valence electrons. The third-order valence-corrected chi connectivity index (χ3v) is 5.10. The van der Waals surface area contributed by atoms with Gasteiger partial charge in [-0.25, -0.2) is 24.3 Å². The van der Waals surface area contributed by atoms with Crippen molar-refractivity contribution in [3.8, 4) is 22.6 Å². The number of piperidine rings is 1. The molecule has 0 bridgehead atoms. The Kier molecular flexibility index (Phi) is 4.87. The lowest BCUT2D eigenvalue weighted by Gasteiger charge is -2.28. The second kappa shape index (κ2) is 7.47. The van der Waals surface area contributed by atoms with Gasteiger partial charge in [-0.15, -0.1) is 0 Å². The van der Waals surface area contributed by atoms with Crippen molar-refractivity contribution in [3.63, 3.8) is 0 Å². The summed E-state index contributed by atoms with van der Waals surface area (Å²) in [4.78, 5) is 19.4. The fourth-order valence-electron chi connectivity index (χ4n) is 3.52. The number of halogens is 1. The molecule has 0 radical (unpaired) electrons. The van der Waals surface area contributed by atoms with Gasteiger partial charge in [0.2, 0.25) is 5.95 Å². The lowest BCUT2D eigenvalue weighted by Crippen LogP contribution is -2.29. The molecule has 0 atom stereocenters. The monoisotopic (exact) mass is 379 g/mol. The first-order valence-electron chi connectivity index (χ1n) is 9.22. The molecule has 0 saturated carbocycles. The Labute approximate surface area is 162 Å². The third-order valence-electron chi connectivity index (χ3n) is 5.10. The number of pyridine rings is 2. The van der Waals surface area contributed by atoms with Crippen LogP contribution in [-0.4, -0.2) is 45.0 Å². The van der Waals surface area contributed by atoms with Crippen LogP contribution in [0.2, 0.25) is 0 Å². The number of nitrogen functional groups attached to an aromatic ring is 2. The van der Waals surface area contributed by atoms with Crippen LogP contribution >= 0.6 is 0 Å². The molecule has 1 saturated heterocycles. The first-order chi connectivity index (χ1) is 13.5. The highest BCUT2D eigenvalue weighted by molar-refractivity contribution is 5.67. The van der Waals surface area contributed by atoms with Crippen LogP contribution in [0.4, 0.5) is 16.2 Å². The zero-order valence-corrected chi connectivity index (χ0v) is 15.6. The van der Waals surface area contributed by atoms with Crippen molar-refractivity contribution in [2.24, 2.45) is 0 Å². The van der Waals surface area contributed by atoms with Gasteiger partial charge in [0, 0.05) is 23.4 Å². The summed E-state index contributed by atoms with van der Waals surface area (Å²) in [6.07, 6.45) is 3.52. The first-order valence-corrected chi connectivity index (χ1v) is 9.22. The Hall–Kier alpha value is -3.13. The van der Waals surface area contributed by atoms with Crippen LogP contribution < -0.4 is 11.5 Å². The SMILES string of the molecule is CN1CCC(c2cc(-c3cccc(-c4ccnc(N)c4F)n3)nc(N)n2)CC1. The molecule has 0 unspecified atom stereocenters. The number of hydrogen-bond acceptors (Lipinski definition) is 7. The third kappa shape index (κ3) is 3.63. The topological polar surface area (TPSA) is 107 Å². The van der Waals surface area contributed by atoms with Gasteiger partial charge in [0.05, 0.1) is 17.1 Å². The minimum Gasteiger partial charge on any atom is -0.381 e. The molecule has 1 fully saturated rings. The molecule has 3 aromatic heterocycles. The largest absolute Gasteiger partial charge is 0.381 e. The zero-order valence-electron chi connectivity index (χ0n) is 15.6. The van der Waals surface area contributed by atoms with E-state index >= 15 is 0 Å². The first kappa shape index (κ1) is 18.2. The number of likely N-dealkylation sites (tertiary alicyclic amines) is 1. The van der Waals surface area contributed by atoms with Gasteiger partial charge in [-0.1, -0.05) is 6.07 Å². The van der Waals surface area contributed by atoms with E-state index in [0.717, 1.165) is 31.6 Å². The molecule has 0 aromatic carbocycles. The molecule has 3 aromatic rings. The lowest BCUT2D eigenvalue weighted by atomic mass is 9.93.